The van der Waals surface area contributed by atoms with E-state index in [1.807, 2.05) is 13.8 Å². The van der Waals surface area contributed by atoms with Gasteiger partial charge in [-0.15, -0.1) is 0 Å². The SMILES string of the molecule is CCNC(C)(C#N)CCSCC(O)CO. The minimum atomic E-state index is -0.650. The molecule has 0 saturated heterocycles. The molecule has 88 valence electrons. The average Bonchev–Trinajstić information content (AvgIpc) is 2.24. The summed E-state index contributed by atoms with van der Waals surface area (Å²) in [5.74, 6) is 1.32. The Morgan fingerprint density at radius 2 is 2.27 bits per heavy atom. The molecule has 0 aliphatic carbocycles. The van der Waals surface area contributed by atoms with E-state index in [0.717, 1.165) is 18.7 Å². The largest absolute Gasteiger partial charge is 0.394 e. The lowest BCUT2D eigenvalue weighted by atomic mass is 10.0. The summed E-state index contributed by atoms with van der Waals surface area (Å²) in [7, 11) is 0. The lowest BCUT2D eigenvalue weighted by Crippen LogP contribution is -2.41. The maximum absolute atomic E-state index is 9.10. The molecule has 0 rings (SSSR count). The number of nitriles is 1. The zero-order valence-electron chi connectivity index (χ0n) is 9.36. The third-order valence-electron chi connectivity index (χ3n) is 2.08. The summed E-state index contributed by atoms with van der Waals surface area (Å²) in [6, 6.07) is 2.25. The fraction of sp³-hybridized carbons (Fsp3) is 0.900. The first-order valence-electron chi connectivity index (χ1n) is 5.11. The molecule has 5 heteroatoms. The van der Waals surface area contributed by atoms with Crippen molar-refractivity contribution in [3.05, 3.63) is 0 Å². The highest BCUT2D eigenvalue weighted by atomic mass is 32.2. The summed E-state index contributed by atoms with van der Waals surface area (Å²) in [6.45, 7) is 4.42. The molecule has 0 aromatic rings. The van der Waals surface area contributed by atoms with Gasteiger partial charge in [-0.2, -0.15) is 17.0 Å². The Balaban J connectivity index is 3.69. The molecular formula is C10H20N2O2S. The van der Waals surface area contributed by atoms with Gasteiger partial charge in [-0.3, -0.25) is 5.32 Å². The normalized spacial score (nSPS) is 16.7. The average molecular weight is 232 g/mol. The summed E-state index contributed by atoms with van der Waals surface area (Å²) in [5, 5.41) is 29.8. The van der Waals surface area contributed by atoms with Gasteiger partial charge >= 0.3 is 0 Å². The minimum Gasteiger partial charge on any atom is -0.394 e. The van der Waals surface area contributed by atoms with Crippen molar-refractivity contribution in [3.63, 3.8) is 0 Å². The maximum Gasteiger partial charge on any atom is 0.104 e. The molecule has 0 aliphatic heterocycles. The first-order chi connectivity index (χ1) is 7.08. The van der Waals surface area contributed by atoms with Gasteiger partial charge in [0.15, 0.2) is 0 Å². The van der Waals surface area contributed by atoms with Crippen LogP contribution in [0.3, 0.4) is 0 Å². The summed E-state index contributed by atoms with van der Waals surface area (Å²) in [4.78, 5) is 0. The molecule has 4 nitrogen and oxygen atoms in total. The van der Waals surface area contributed by atoms with E-state index in [-0.39, 0.29) is 6.61 Å². The van der Waals surface area contributed by atoms with E-state index in [2.05, 4.69) is 11.4 Å². The summed E-state index contributed by atoms with van der Waals surface area (Å²) < 4.78 is 0. The van der Waals surface area contributed by atoms with Crippen LogP contribution in [-0.2, 0) is 0 Å². The van der Waals surface area contributed by atoms with Crippen molar-refractivity contribution in [1.29, 1.82) is 5.26 Å². The quantitative estimate of drug-likeness (QED) is 0.527. The van der Waals surface area contributed by atoms with Crippen LogP contribution in [-0.4, -0.2) is 46.5 Å². The fourth-order valence-corrected chi connectivity index (χ4v) is 2.22. The van der Waals surface area contributed by atoms with Gasteiger partial charge in [0.25, 0.3) is 0 Å². The van der Waals surface area contributed by atoms with E-state index in [1.54, 1.807) is 11.8 Å². The summed E-state index contributed by atoms with van der Waals surface area (Å²) in [5.41, 5.74) is -0.480. The Kier molecular flexibility index (Phi) is 7.79. The lowest BCUT2D eigenvalue weighted by Gasteiger charge is -2.22. The Morgan fingerprint density at radius 3 is 2.73 bits per heavy atom. The Hall–Kier alpha value is -0.280. The molecule has 0 amide bonds. The standard InChI is InChI=1S/C10H20N2O2S/c1-3-12-10(2,8-11)4-5-15-7-9(14)6-13/h9,12-14H,3-7H2,1-2H3. The van der Waals surface area contributed by atoms with E-state index >= 15 is 0 Å². The van der Waals surface area contributed by atoms with Crippen LogP contribution in [0, 0.1) is 11.3 Å². The molecule has 0 aliphatic rings. The van der Waals surface area contributed by atoms with Crippen LogP contribution < -0.4 is 5.32 Å². The van der Waals surface area contributed by atoms with Crippen LogP contribution in [0.5, 0.6) is 0 Å². The molecule has 0 saturated carbocycles. The number of rotatable bonds is 8. The fourth-order valence-electron chi connectivity index (χ4n) is 1.12. The number of thioether (sulfide) groups is 1. The molecule has 2 atom stereocenters. The third kappa shape index (κ3) is 6.74. The minimum absolute atomic E-state index is 0.199. The summed E-state index contributed by atoms with van der Waals surface area (Å²) >= 11 is 1.55. The van der Waals surface area contributed by atoms with Crippen molar-refractivity contribution in [2.45, 2.75) is 31.9 Å². The van der Waals surface area contributed by atoms with Gasteiger partial charge in [0.2, 0.25) is 0 Å². The zero-order chi connectivity index (χ0) is 11.7. The van der Waals surface area contributed by atoms with Gasteiger partial charge in [0, 0.05) is 5.75 Å². The van der Waals surface area contributed by atoms with Gasteiger partial charge in [0.1, 0.15) is 5.54 Å². The maximum atomic E-state index is 9.10. The summed E-state index contributed by atoms with van der Waals surface area (Å²) in [6.07, 6.45) is 0.0858. The number of hydrogen-bond donors (Lipinski definition) is 3. The van der Waals surface area contributed by atoms with Crippen molar-refractivity contribution in [2.24, 2.45) is 0 Å². The molecule has 3 N–H and O–H groups in total. The molecular weight excluding hydrogens is 212 g/mol. The number of aliphatic hydroxyl groups is 2. The van der Waals surface area contributed by atoms with Crippen molar-refractivity contribution < 1.29 is 10.2 Å². The van der Waals surface area contributed by atoms with E-state index in [1.165, 1.54) is 0 Å². The van der Waals surface area contributed by atoms with Crippen molar-refractivity contribution in [3.8, 4) is 6.07 Å². The molecule has 0 radical (unpaired) electrons. The highest BCUT2D eigenvalue weighted by Crippen LogP contribution is 2.14. The zero-order valence-corrected chi connectivity index (χ0v) is 10.2. The molecule has 0 spiro atoms. The number of aliphatic hydroxyl groups excluding tert-OH is 2. The molecule has 0 fully saturated rings. The van der Waals surface area contributed by atoms with Gasteiger partial charge in [-0.25, -0.2) is 0 Å². The smallest absolute Gasteiger partial charge is 0.104 e. The van der Waals surface area contributed by atoms with Crippen molar-refractivity contribution >= 4 is 11.8 Å². The third-order valence-corrected chi connectivity index (χ3v) is 3.19. The molecule has 2 unspecified atom stereocenters. The second-order valence-electron chi connectivity index (χ2n) is 3.64. The Morgan fingerprint density at radius 1 is 1.60 bits per heavy atom. The number of nitrogens with zero attached hydrogens (tertiary/aromatic N) is 1. The first kappa shape index (κ1) is 14.7. The van der Waals surface area contributed by atoms with Crippen LogP contribution >= 0.6 is 11.8 Å². The van der Waals surface area contributed by atoms with Crippen LogP contribution in [0.15, 0.2) is 0 Å². The molecule has 15 heavy (non-hydrogen) atoms. The van der Waals surface area contributed by atoms with E-state index in [9.17, 15) is 0 Å². The molecule has 0 aromatic heterocycles. The Labute approximate surface area is 95.7 Å². The number of nitrogens with one attached hydrogen (secondary N) is 1. The Bertz CT molecular complexity index is 208. The molecule has 0 bridgehead atoms. The van der Waals surface area contributed by atoms with Crippen LogP contribution in [0.4, 0.5) is 0 Å². The van der Waals surface area contributed by atoms with Gasteiger partial charge in [-0.05, 0) is 25.6 Å². The monoisotopic (exact) mass is 232 g/mol. The van der Waals surface area contributed by atoms with Crippen molar-refractivity contribution in [2.75, 3.05) is 24.7 Å². The van der Waals surface area contributed by atoms with Gasteiger partial charge in [0.05, 0.1) is 18.8 Å². The first-order valence-corrected chi connectivity index (χ1v) is 6.26. The van der Waals surface area contributed by atoms with E-state index in [0.29, 0.717) is 5.75 Å². The van der Waals surface area contributed by atoms with Crippen molar-refractivity contribution in [1.82, 2.24) is 5.32 Å². The van der Waals surface area contributed by atoms with Crippen LogP contribution in [0.1, 0.15) is 20.3 Å². The highest BCUT2D eigenvalue weighted by molar-refractivity contribution is 7.99. The topological polar surface area (TPSA) is 76.3 Å². The lowest BCUT2D eigenvalue weighted by molar-refractivity contribution is 0.113. The second kappa shape index (κ2) is 7.94. The molecule has 0 aromatic carbocycles. The number of hydrogen-bond acceptors (Lipinski definition) is 5. The van der Waals surface area contributed by atoms with E-state index in [4.69, 9.17) is 15.5 Å². The highest BCUT2D eigenvalue weighted by Gasteiger charge is 2.21. The van der Waals surface area contributed by atoms with Crippen LogP contribution in [0.25, 0.3) is 0 Å². The molecule has 0 heterocycles. The van der Waals surface area contributed by atoms with Crippen LogP contribution in [0.2, 0.25) is 0 Å². The van der Waals surface area contributed by atoms with E-state index < -0.39 is 11.6 Å². The van der Waals surface area contributed by atoms with Gasteiger partial charge < -0.3 is 10.2 Å². The second-order valence-corrected chi connectivity index (χ2v) is 4.79. The van der Waals surface area contributed by atoms with Gasteiger partial charge in [-0.1, -0.05) is 6.92 Å². The predicted molar refractivity (Wildman–Crippen MR) is 62.7 cm³/mol. The predicted octanol–water partition coefficient (Wildman–Crippen LogP) is 0.355.